The number of nitriles is 1. The maximum atomic E-state index is 11.9. The van der Waals surface area contributed by atoms with Gasteiger partial charge in [0.2, 0.25) is 5.91 Å². The summed E-state index contributed by atoms with van der Waals surface area (Å²) in [7, 11) is 0. The predicted octanol–water partition coefficient (Wildman–Crippen LogP) is 1.42. The summed E-state index contributed by atoms with van der Waals surface area (Å²) in [6.45, 7) is 2.50. The van der Waals surface area contributed by atoms with Crippen LogP contribution in [0.25, 0.3) is 0 Å². The monoisotopic (exact) mass is 235 g/mol. The molecule has 2 fully saturated rings. The van der Waals surface area contributed by atoms with Gasteiger partial charge in [0.1, 0.15) is 5.54 Å². The van der Waals surface area contributed by atoms with E-state index in [2.05, 4.69) is 16.3 Å². The Morgan fingerprint density at radius 2 is 1.82 bits per heavy atom. The summed E-state index contributed by atoms with van der Waals surface area (Å²) in [5.41, 5.74) is -0.563. The molecular formula is C13H21N3O. The molecule has 1 heterocycles. The molecule has 1 saturated carbocycles. The first kappa shape index (κ1) is 12.4. The zero-order chi connectivity index (χ0) is 12.1. The molecular weight excluding hydrogens is 214 g/mol. The molecule has 1 amide bonds. The van der Waals surface area contributed by atoms with Crippen LogP contribution in [0.15, 0.2) is 0 Å². The van der Waals surface area contributed by atoms with Gasteiger partial charge in [-0.05, 0) is 51.6 Å². The Hall–Kier alpha value is -1.08. The average Bonchev–Trinajstić information content (AvgIpc) is 2.79. The van der Waals surface area contributed by atoms with Gasteiger partial charge in [0.15, 0.2) is 0 Å². The summed E-state index contributed by atoms with van der Waals surface area (Å²) >= 11 is 0. The summed E-state index contributed by atoms with van der Waals surface area (Å²) in [6.07, 6.45) is 7.40. The highest BCUT2D eigenvalue weighted by molar-refractivity contribution is 5.79. The van der Waals surface area contributed by atoms with E-state index in [1.54, 1.807) is 0 Å². The Labute approximate surface area is 103 Å². The van der Waals surface area contributed by atoms with Gasteiger partial charge in [0, 0.05) is 0 Å². The SMILES string of the molecule is N#CC1(NC(=O)CN2CCCCC2)CCCC1. The minimum Gasteiger partial charge on any atom is -0.337 e. The number of piperidine rings is 1. The molecule has 1 aliphatic carbocycles. The molecule has 0 spiro atoms. The molecule has 94 valence electrons. The van der Waals surface area contributed by atoms with Gasteiger partial charge in [0.05, 0.1) is 12.6 Å². The van der Waals surface area contributed by atoms with E-state index in [1.165, 1.54) is 19.3 Å². The highest BCUT2D eigenvalue weighted by Gasteiger charge is 2.35. The second kappa shape index (κ2) is 5.50. The lowest BCUT2D eigenvalue weighted by Gasteiger charge is -2.28. The summed E-state index contributed by atoms with van der Waals surface area (Å²) in [4.78, 5) is 14.1. The quantitative estimate of drug-likeness (QED) is 0.805. The number of amides is 1. The van der Waals surface area contributed by atoms with Gasteiger partial charge in [-0.15, -0.1) is 0 Å². The lowest BCUT2D eigenvalue weighted by Crippen LogP contribution is -2.49. The van der Waals surface area contributed by atoms with Crippen molar-refractivity contribution in [2.45, 2.75) is 50.5 Å². The van der Waals surface area contributed by atoms with Crippen molar-refractivity contribution in [2.75, 3.05) is 19.6 Å². The van der Waals surface area contributed by atoms with Crippen molar-refractivity contribution in [3.05, 3.63) is 0 Å². The van der Waals surface area contributed by atoms with Crippen LogP contribution in [0, 0.1) is 11.3 Å². The largest absolute Gasteiger partial charge is 0.337 e. The summed E-state index contributed by atoms with van der Waals surface area (Å²) in [5.74, 6) is 0.0235. The fraction of sp³-hybridized carbons (Fsp3) is 0.846. The number of carbonyl (C=O) groups excluding carboxylic acids is 1. The van der Waals surface area contributed by atoms with Crippen LogP contribution in [0.1, 0.15) is 44.9 Å². The number of rotatable bonds is 3. The van der Waals surface area contributed by atoms with E-state index in [9.17, 15) is 10.1 Å². The molecule has 0 radical (unpaired) electrons. The molecule has 1 aliphatic heterocycles. The molecule has 0 bridgehead atoms. The number of nitrogens with zero attached hydrogens (tertiary/aromatic N) is 2. The Bertz CT molecular complexity index is 309. The first-order valence-corrected chi connectivity index (χ1v) is 6.69. The first-order valence-electron chi connectivity index (χ1n) is 6.69. The van der Waals surface area contributed by atoms with Gasteiger partial charge in [-0.1, -0.05) is 6.42 Å². The third-order valence-corrected chi connectivity index (χ3v) is 3.87. The number of carbonyl (C=O) groups is 1. The lowest BCUT2D eigenvalue weighted by molar-refractivity contribution is -0.123. The van der Waals surface area contributed by atoms with Crippen molar-refractivity contribution >= 4 is 5.91 Å². The molecule has 1 saturated heterocycles. The normalized spacial score (nSPS) is 24.2. The van der Waals surface area contributed by atoms with Crippen molar-refractivity contribution in [2.24, 2.45) is 0 Å². The Morgan fingerprint density at radius 3 is 2.41 bits per heavy atom. The number of likely N-dealkylation sites (tertiary alicyclic amines) is 1. The van der Waals surface area contributed by atoms with Gasteiger partial charge in [0.25, 0.3) is 0 Å². The van der Waals surface area contributed by atoms with Crippen molar-refractivity contribution in [3.63, 3.8) is 0 Å². The maximum Gasteiger partial charge on any atom is 0.235 e. The van der Waals surface area contributed by atoms with Crippen LogP contribution in [0.3, 0.4) is 0 Å². The molecule has 4 nitrogen and oxygen atoms in total. The van der Waals surface area contributed by atoms with Crippen LogP contribution >= 0.6 is 0 Å². The van der Waals surface area contributed by atoms with Crippen LogP contribution in [-0.4, -0.2) is 36.0 Å². The minimum atomic E-state index is -0.563. The van der Waals surface area contributed by atoms with Gasteiger partial charge in [-0.25, -0.2) is 0 Å². The highest BCUT2D eigenvalue weighted by Crippen LogP contribution is 2.28. The Balaban J connectivity index is 1.82. The van der Waals surface area contributed by atoms with E-state index in [4.69, 9.17) is 0 Å². The first-order chi connectivity index (χ1) is 8.24. The number of nitrogens with one attached hydrogen (secondary N) is 1. The lowest BCUT2D eigenvalue weighted by atomic mass is 10.00. The topological polar surface area (TPSA) is 56.1 Å². The van der Waals surface area contributed by atoms with Crippen molar-refractivity contribution in [3.8, 4) is 6.07 Å². The molecule has 0 aromatic heterocycles. The van der Waals surface area contributed by atoms with Crippen molar-refractivity contribution in [1.29, 1.82) is 5.26 Å². The van der Waals surface area contributed by atoms with Gasteiger partial charge in [-0.2, -0.15) is 5.26 Å². The van der Waals surface area contributed by atoms with Crippen LogP contribution in [0.2, 0.25) is 0 Å². The second-order valence-electron chi connectivity index (χ2n) is 5.29. The average molecular weight is 235 g/mol. The summed E-state index contributed by atoms with van der Waals surface area (Å²) in [5, 5.41) is 12.1. The smallest absolute Gasteiger partial charge is 0.235 e. The zero-order valence-corrected chi connectivity index (χ0v) is 10.4. The molecule has 17 heavy (non-hydrogen) atoms. The van der Waals surface area contributed by atoms with E-state index in [1.807, 2.05) is 0 Å². The predicted molar refractivity (Wildman–Crippen MR) is 65.2 cm³/mol. The summed E-state index contributed by atoms with van der Waals surface area (Å²) < 4.78 is 0. The standard InChI is InChI=1S/C13H21N3O/c14-11-13(6-2-3-7-13)15-12(17)10-16-8-4-1-5-9-16/h1-10H2,(H,15,17). The van der Waals surface area contributed by atoms with E-state index >= 15 is 0 Å². The molecule has 4 heteroatoms. The zero-order valence-electron chi connectivity index (χ0n) is 10.4. The maximum absolute atomic E-state index is 11.9. The Morgan fingerprint density at radius 1 is 1.18 bits per heavy atom. The Kier molecular flexibility index (Phi) is 4.01. The minimum absolute atomic E-state index is 0.0235. The highest BCUT2D eigenvalue weighted by atomic mass is 16.2. The third-order valence-electron chi connectivity index (χ3n) is 3.87. The van der Waals surface area contributed by atoms with E-state index in [-0.39, 0.29) is 5.91 Å². The molecule has 1 N–H and O–H groups in total. The van der Waals surface area contributed by atoms with Gasteiger partial charge < -0.3 is 5.32 Å². The van der Waals surface area contributed by atoms with Crippen LogP contribution in [-0.2, 0) is 4.79 Å². The molecule has 0 atom stereocenters. The fourth-order valence-corrected chi connectivity index (χ4v) is 2.87. The number of hydrogen-bond donors (Lipinski definition) is 1. The second-order valence-corrected chi connectivity index (χ2v) is 5.29. The van der Waals surface area contributed by atoms with Crippen molar-refractivity contribution < 1.29 is 4.79 Å². The molecule has 0 aromatic carbocycles. The van der Waals surface area contributed by atoms with Gasteiger partial charge >= 0.3 is 0 Å². The van der Waals surface area contributed by atoms with Gasteiger partial charge in [-0.3, -0.25) is 9.69 Å². The third kappa shape index (κ3) is 3.19. The van der Waals surface area contributed by atoms with Crippen molar-refractivity contribution in [1.82, 2.24) is 10.2 Å². The van der Waals surface area contributed by atoms with Crippen LogP contribution in [0.4, 0.5) is 0 Å². The van der Waals surface area contributed by atoms with Crippen LogP contribution < -0.4 is 5.32 Å². The molecule has 2 rings (SSSR count). The number of hydrogen-bond acceptors (Lipinski definition) is 3. The van der Waals surface area contributed by atoms with Crippen LogP contribution in [0.5, 0.6) is 0 Å². The van der Waals surface area contributed by atoms with E-state index in [0.29, 0.717) is 6.54 Å². The van der Waals surface area contributed by atoms with E-state index in [0.717, 1.165) is 38.8 Å². The molecule has 2 aliphatic rings. The fourth-order valence-electron chi connectivity index (χ4n) is 2.87. The summed E-state index contributed by atoms with van der Waals surface area (Å²) in [6, 6.07) is 2.30. The molecule has 0 aromatic rings. The molecule has 0 unspecified atom stereocenters. The van der Waals surface area contributed by atoms with E-state index < -0.39 is 5.54 Å².